The number of furan rings is 1. The first-order chi connectivity index (χ1) is 14.7. The minimum atomic E-state index is -0.802. The van der Waals surface area contributed by atoms with Crippen LogP contribution in [0.5, 0.6) is 0 Å². The number of aryl methyl sites for hydroxylation is 2. The minimum absolute atomic E-state index is 0.205. The van der Waals surface area contributed by atoms with Gasteiger partial charge >= 0.3 is 6.03 Å². The van der Waals surface area contributed by atoms with E-state index in [1.54, 1.807) is 42.5 Å². The van der Waals surface area contributed by atoms with Crippen LogP contribution in [0.1, 0.15) is 16.9 Å². The fraction of sp³-hybridized carbons (Fsp3) is 0.0870. The number of nitrogens with zero attached hydrogens (tertiary/aromatic N) is 1. The Labute approximate surface area is 191 Å². The number of nitrogens with one attached hydrogen (secondary N) is 1. The predicted molar refractivity (Wildman–Crippen MR) is 122 cm³/mol. The molecule has 31 heavy (non-hydrogen) atoms. The van der Waals surface area contributed by atoms with Crippen molar-refractivity contribution in [2.75, 3.05) is 4.90 Å². The van der Waals surface area contributed by atoms with E-state index < -0.39 is 17.8 Å². The van der Waals surface area contributed by atoms with Gasteiger partial charge < -0.3 is 4.42 Å². The number of anilines is 1. The van der Waals surface area contributed by atoms with Gasteiger partial charge in [0.2, 0.25) is 0 Å². The highest BCUT2D eigenvalue weighted by Gasteiger charge is 2.37. The fourth-order valence-corrected chi connectivity index (χ4v) is 3.66. The summed E-state index contributed by atoms with van der Waals surface area (Å²) in [6, 6.07) is 13.1. The number of halogens is 2. The van der Waals surface area contributed by atoms with Crippen LogP contribution in [-0.4, -0.2) is 17.8 Å². The largest absolute Gasteiger partial charge is 0.457 e. The molecule has 1 aliphatic heterocycles. The lowest BCUT2D eigenvalue weighted by Crippen LogP contribution is -2.54. The first-order valence-electron chi connectivity index (χ1n) is 9.28. The van der Waals surface area contributed by atoms with E-state index in [1.807, 2.05) is 19.9 Å². The number of urea groups is 1. The molecule has 8 heteroatoms. The normalized spacial score (nSPS) is 15.5. The van der Waals surface area contributed by atoms with Crippen LogP contribution in [0.15, 0.2) is 63.0 Å². The van der Waals surface area contributed by atoms with Crippen LogP contribution in [-0.2, 0) is 9.59 Å². The predicted octanol–water partition coefficient (Wildman–Crippen LogP) is 5.65. The second-order valence-electron chi connectivity index (χ2n) is 7.05. The molecule has 0 unspecified atom stereocenters. The molecule has 2 heterocycles. The smallest absolute Gasteiger partial charge is 0.335 e. The zero-order chi connectivity index (χ0) is 22.3. The van der Waals surface area contributed by atoms with E-state index in [0.29, 0.717) is 22.2 Å². The zero-order valence-corrected chi connectivity index (χ0v) is 18.9. The van der Waals surface area contributed by atoms with Gasteiger partial charge in [0, 0.05) is 15.1 Å². The topological polar surface area (TPSA) is 79.6 Å². The summed E-state index contributed by atoms with van der Waals surface area (Å²) in [4.78, 5) is 38.7. The van der Waals surface area contributed by atoms with Gasteiger partial charge in [0.25, 0.3) is 11.8 Å². The van der Waals surface area contributed by atoms with Crippen molar-refractivity contribution in [1.82, 2.24) is 5.32 Å². The van der Waals surface area contributed by atoms with Crippen molar-refractivity contribution < 1.29 is 18.8 Å². The van der Waals surface area contributed by atoms with Crippen molar-refractivity contribution >= 4 is 57.1 Å². The average molecular weight is 500 g/mol. The van der Waals surface area contributed by atoms with Crippen molar-refractivity contribution in [2.45, 2.75) is 13.8 Å². The first-order valence-corrected chi connectivity index (χ1v) is 10.5. The number of hydrogen-bond acceptors (Lipinski definition) is 4. The monoisotopic (exact) mass is 498 g/mol. The molecule has 0 atom stereocenters. The Morgan fingerprint density at radius 1 is 1.00 bits per heavy atom. The summed E-state index contributed by atoms with van der Waals surface area (Å²) in [5, 5.41) is 2.77. The highest BCUT2D eigenvalue weighted by molar-refractivity contribution is 9.10. The number of carbonyl (C=O) groups is 3. The molecule has 1 N–H and O–H groups in total. The van der Waals surface area contributed by atoms with Gasteiger partial charge in [0.05, 0.1) is 5.69 Å². The zero-order valence-electron chi connectivity index (χ0n) is 16.5. The average Bonchev–Trinajstić information content (AvgIpc) is 3.18. The molecule has 6 nitrogen and oxygen atoms in total. The van der Waals surface area contributed by atoms with E-state index in [9.17, 15) is 14.4 Å². The molecular weight excluding hydrogens is 484 g/mol. The molecule has 4 amide bonds. The van der Waals surface area contributed by atoms with Gasteiger partial charge in [-0.05, 0) is 73.5 Å². The van der Waals surface area contributed by atoms with Crippen molar-refractivity contribution in [2.24, 2.45) is 0 Å². The number of carbonyl (C=O) groups excluding carboxylic acids is 3. The van der Waals surface area contributed by atoms with Crippen LogP contribution in [0, 0.1) is 13.8 Å². The third-order valence-corrected chi connectivity index (χ3v) is 6.00. The van der Waals surface area contributed by atoms with Crippen molar-refractivity contribution in [3.8, 4) is 11.3 Å². The Balaban J connectivity index is 1.70. The van der Waals surface area contributed by atoms with Gasteiger partial charge in [0.1, 0.15) is 17.1 Å². The van der Waals surface area contributed by atoms with E-state index in [-0.39, 0.29) is 5.57 Å². The van der Waals surface area contributed by atoms with E-state index >= 15 is 0 Å². The van der Waals surface area contributed by atoms with Crippen molar-refractivity contribution in [3.63, 3.8) is 0 Å². The van der Waals surface area contributed by atoms with Gasteiger partial charge in [-0.25, -0.2) is 9.69 Å². The van der Waals surface area contributed by atoms with Gasteiger partial charge in [-0.1, -0.05) is 33.6 Å². The van der Waals surface area contributed by atoms with Crippen LogP contribution in [0.25, 0.3) is 17.4 Å². The number of benzene rings is 2. The minimum Gasteiger partial charge on any atom is -0.457 e. The highest BCUT2D eigenvalue weighted by atomic mass is 79.9. The standard InChI is InChI=1S/C23H16BrClN2O4/c1-12-3-4-14(25)10-17(12)20-8-6-16(31-20)11-18-21(28)26-23(30)27(22(18)29)15-5-7-19(24)13(2)9-15/h3-11H,1-2H3,(H,26,28,30). The maximum atomic E-state index is 13.0. The highest BCUT2D eigenvalue weighted by Crippen LogP contribution is 2.30. The molecule has 0 bridgehead atoms. The van der Waals surface area contributed by atoms with E-state index in [2.05, 4.69) is 21.2 Å². The molecule has 1 aromatic heterocycles. The van der Waals surface area contributed by atoms with Gasteiger partial charge in [-0.15, -0.1) is 0 Å². The SMILES string of the molecule is Cc1cc(N2C(=O)NC(=O)C(=Cc3ccc(-c4cc(Cl)ccc4C)o3)C2=O)ccc1Br. The second kappa shape index (κ2) is 8.17. The molecule has 1 saturated heterocycles. The van der Waals surface area contributed by atoms with Gasteiger partial charge in [-0.2, -0.15) is 0 Å². The number of imide groups is 2. The fourth-order valence-electron chi connectivity index (χ4n) is 3.24. The third kappa shape index (κ3) is 4.06. The Bertz CT molecular complexity index is 1280. The lowest BCUT2D eigenvalue weighted by molar-refractivity contribution is -0.122. The summed E-state index contributed by atoms with van der Waals surface area (Å²) in [6.45, 7) is 3.76. The van der Waals surface area contributed by atoms with Gasteiger partial charge in [-0.3, -0.25) is 14.9 Å². The molecule has 1 aliphatic rings. The summed E-state index contributed by atoms with van der Waals surface area (Å²) in [5.41, 5.74) is 2.76. The van der Waals surface area contributed by atoms with Gasteiger partial charge in [0.15, 0.2) is 0 Å². The lowest BCUT2D eigenvalue weighted by atomic mass is 10.1. The Kier molecular flexibility index (Phi) is 5.56. The van der Waals surface area contributed by atoms with Crippen molar-refractivity contribution in [3.05, 3.63) is 80.5 Å². The maximum Gasteiger partial charge on any atom is 0.335 e. The van der Waals surface area contributed by atoms with Crippen LogP contribution in [0.4, 0.5) is 10.5 Å². The van der Waals surface area contributed by atoms with E-state index in [0.717, 1.165) is 26.1 Å². The Hall–Kier alpha value is -3.16. The lowest BCUT2D eigenvalue weighted by Gasteiger charge is -2.26. The van der Waals surface area contributed by atoms with Crippen LogP contribution in [0.3, 0.4) is 0 Å². The van der Waals surface area contributed by atoms with Crippen LogP contribution < -0.4 is 10.2 Å². The second-order valence-corrected chi connectivity index (χ2v) is 8.34. The molecule has 2 aromatic carbocycles. The van der Waals surface area contributed by atoms with Crippen LogP contribution >= 0.6 is 27.5 Å². The van der Waals surface area contributed by atoms with E-state index in [4.69, 9.17) is 16.0 Å². The van der Waals surface area contributed by atoms with Crippen LogP contribution in [0.2, 0.25) is 5.02 Å². The quantitative estimate of drug-likeness (QED) is 0.373. The third-order valence-electron chi connectivity index (χ3n) is 4.88. The molecule has 4 rings (SSSR count). The Morgan fingerprint density at radius 3 is 2.52 bits per heavy atom. The number of rotatable bonds is 3. The molecular formula is C23H16BrClN2O4. The summed E-state index contributed by atoms with van der Waals surface area (Å²) in [6.07, 6.45) is 1.33. The summed E-state index contributed by atoms with van der Waals surface area (Å²) in [7, 11) is 0. The molecule has 156 valence electrons. The first kappa shape index (κ1) is 21.1. The maximum absolute atomic E-state index is 13.0. The Morgan fingerprint density at radius 2 is 1.77 bits per heavy atom. The molecule has 0 radical (unpaired) electrons. The molecule has 3 aromatic rings. The molecule has 0 aliphatic carbocycles. The summed E-state index contributed by atoms with van der Waals surface area (Å²) >= 11 is 9.47. The summed E-state index contributed by atoms with van der Waals surface area (Å²) in [5.74, 6) is -0.662. The molecule has 0 spiro atoms. The molecule has 1 fully saturated rings. The molecule has 0 saturated carbocycles. The van der Waals surface area contributed by atoms with Crippen molar-refractivity contribution in [1.29, 1.82) is 0 Å². The summed E-state index contributed by atoms with van der Waals surface area (Å²) < 4.78 is 6.67. The van der Waals surface area contributed by atoms with E-state index in [1.165, 1.54) is 6.08 Å². The number of hydrogen-bond donors (Lipinski definition) is 1. The number of amides is 4. The number of barbiturate groups is 1.